The van der Waals surface area contributed by atoms with Crippen LogP contribution in [0, 0.1) is 0 Å². The molecule has 0 aliphatic carbocycles. The van der Waals surface area contributed by atoms with E-state index in [4.69, 9.17) is 11.6 Å². The zero-order chi connectivity index (χ0) is 12.4. The monoisotopic (exact) mass is 259 g/mol. The second kappa shape index (κ2) is 4.94. The topological polar surface area (TPSA) is 29.0 Å². The summed E-state index contributed by atoms with van der Waals surface area (Å²) in [7, 11) is 0. The van der Waals surface area contributed by atoms with Crippen LogP contribution in [0.15, 0.2) is 36.7 Å². The SMILES string of the molecule is Clc1cccnc1-c1ccc(N2CCCC2)nc1. The Morgan fingerprint density at radius 2 is 1.89 bits per heavy atom. The van der Waals surface area contributed by atoms with Gasteiger partial charge in [-0.1, -0.05) is 11.6 Å². The number of halogens is 1. The van der Waals surface area contributed by atoms with E-state index >= 15 is 0 Å². The van der Waals surface area contributed by atoms with E-state index in [1.54, 1.807) is 6.20 Å². The third kappa shape index (κ3) is 2.18. The summed E-state index contributed by atoms with van der Waals surface area (Å²) in [6, 6.07) is 7.76. The lowest BCUT2D eigenvalue weighted by atomic mass is 10.2. The van der Waals surface area contributed by atoms with E-state index < -0.39 is 0 Å². The van der Waals surface area contributed by atoms with E-state index in [1.165, 1.54) is 12.8 Å². The highest BCUT2D eigenvalue weighted by Gasteiger charge is 2.13. The van der Waals surface area contributed by atoms with E-state index in [1.807, 2.05) is 30.5 Å². The summed E-state index contributed by atoms with van der Waals surface area (Å²) in [5, 5.41) is 0.660. The molecule has 0 amide bonds. The summed E-state index contributed by atoms with van der Waals surface area (Å²) in [6.07, 6.45) is 6.11. The highest BCUT2D eigenvalue weighted by atomic mass is 35.5. The van der Waals surface area contributed by atoms with Crippen molar-refractivity contribution in [2.45, 2.75) is 12.8 Å². The normalized spacial score (nSPS) is 15.1. The minimum absolute atomic E-state index is 0.660. The highest BCUT2D eigenvalue weighted by molar-refractivity contribution is 6.33. The molecule has 0 N–H and O–H groups in total. The van der Waals surface area contributed by atoms with Crippen LogP contribution in [0.2, 0.25) is 5.02 Å². The Hall–Kier alpha value is -1.61. The Labute approximate surface area is 111 Å². The Balaban J connectivity index is 1.89. The molecular weight excluding hydrogens is 246 g/mol. The lowest BCUT2D eigenvalue weighted by Crippen LogP contribution is -2.18. The van der Waals surface area contributed by atoms with E-state index in [0.29, 0.717) is 5.02 Å². The molecule has 2 aromatic rings. The van der Waals surface area contributed by atoms with Crippen molar-refractivity contribution < 1.29 is 0 Å². The van der Waals surface area contributed by atoms with Gasteiger partial charge in [0.25, 0.3) is 0 Å². The van der Waals surface area contributed by atoms with Gasteiger partial charge < -0.3 is 4.90 Å². The average molecular weight is 260 g/mol. The Kier molecular flexibility index (Phi) is 3.15. The van der Waals surface area contributed by atoms with Crippen molar-refractivity contribution >= 4 is 17.4 Å². The molecule has 0 unspecified atom stereocenters. The molecule has 0 saturated carbocycles. The van der Waals surface area contributed by atoms with Gasteiger partial charge in [0.1, 0.15) is 5.82 Å². The number of rotatable bonds is 2. The largest absolute Gasteiger partial charge is 0.357 e. The predicted octanol–water partition coefficient (Wildman–Crippen LogP) is 3.40. The predicted molar refractivity (Wildman–Crippen MR) is 73.9 cm³/mol. The minimum atomic E-state index is 0.660. The molecular formula is C14H14ClN3. The first-order valence-electron chi connectivity index (χ1n) is 6.16. The number of nitrogens with zero attached hydrogens (tertiary/aromatic N) is 3. The molecule has 1 aliphatic rings. The lowest BCUT2D eigenvalue weighted by molar-refractivity contribution is 0.938. The van der Waals surface area contributed by atoms with Crippen molar-refractivity contribution in [2.24, 2.45) is 0 Å². The van der Waals surface area contributed by atoms with Gasteiger partial charge >= 0.3 is 0 Å². The molecule has 1 aliphatic heterocycles. The first-order chi connectivity index (χ1) is 8.84. The summed E-state index contributed by atoms with van der Waals surface area (Å²) < 4.78 is 0. The van der Waals surface area contributed by atoms with Gasteiger partial charge in [0, 0.05) is 31.0 Å². The standard InChI is InChI=1S/C14H14ClN3/c15-12-4-3-7-16-14(12)11-5-6-13(17-10-11)18-8-1-2-9-18/h3-7,10H,1-2,8-9H2. The van der Waals surface area contributed by atoms with Crippen molar-refractivity contribution in [3.63, 3.8) is 0 Å². The molecule has 3 heterocycles. The molecule has 0 spiro atoms. The molecule has 0 bridgehead atoms. The summed E-state index contributed by atoms with van der Waals surface area (Å²) in [5.41, 5.74) is 1.75. The minimum Gasteiger partial charge on any atom is -0.357 e. The van der Waals surface area contributed by atoms with Crippen LogP contribution in [0.25, 0.3) is 11.3 Å². The van der Waals surface area contributed by atoms with Crippen LogP contribution in [0.3, 0.4) is 0 Å². The molecule has 92 valence electrons. The van der Waals surface area contributed by atoms with Crippen molar-refractivity contribution in [1.82, 2.24) is 9.97 Å². The summed E-state index contributed by atoms with van der Waals surface area (Å²) in [4.78, 5) is 11.1. The van der Waals surface area contributed by atoms with Crippen molar-refractivity contribution in [2.75, 3.05) is 18.0 Å². The number of anilines is 1. The molecule has 4 heteroatoms. The molecule has 2 aromatic heterocycles. The fourth-order valence-corrected chi connectivity index (χ4v) is 2.49. The number of pyridine rings is 2. The number of aromatic nitrogens is 2. The molecule has 3 rings (SSSR count). The Morgan fingerprint density at radius 1 is 1.06 bits per heavy atom. The molecule has 18 heavy (non-hydrogen) atoms. The van der Waals surface area contributed by atoms with E-state index in [0.717, 1.165) is 30.2 Å². The van der Waals surface area contributed by atoms with Gasteiger partial charge in [-0.05, 0) is 37.1 Å². The van der Waals surface area contributed by atoms with Crippen LogP contribution in [-0.2, 0) is 0 Å². The third-order valence-corrected chi connectivity index (χ3v) is 3.51. The molecule has 0 radical (unpaired) electrons. The smallest absolute Gasteiger partial charge is 0.128 e. The van der Waals surface area contributed by atoms with E-state index in [-0.39, 0.29) is 0 Å². The van der Waals surface area contributed by atoms with Gasteiger partial charge in [0.2, 0.25) is 0 Å². The molecule has 1 saturated heterocycles. The summed E-state index contributed by atoms with van der Waals surface area (Å²) in [6.45, 7) is 2.22. The molecule has 1 fully saturated rings. The van der Waals surface area contributed by atoms with Crippen LogP contribution >= 0.6 is 11.6 Å². The maximum atomic E-state index is 6.12. The summed E-state index contributed by atoms with van der Waals surface area (Å²) >= 11 is 6.12. The van der Waals surface area contributed by atoms with Gasteiger partial charge in [0.15, 0.2) is 0 Å². The number of hydrogen-bond acceptors (Lipinski definition) is 3. The Morgan fingerprint density at radius 3 is 2.56 bits per heavy atom. The van der Waals surface area contributed by atoms with E-state index in [9.17, 15) is 0 Å². The van der Waals surface area contributed by atoms with Crippen molar-refractivity contribution in [3.05, 3.63) is 41.7 Å². The van der Waals surface area contributed by atoms with Gasteiger partial charge in [-0.3, -0.25) is 4.98 Å². The van der Waals surface area contributed by atoms with Gasteiger partial charge in [-0.2, -0.15) is 0 Å². The second-order valence-electron chi connectivity index (χ2n) is 4.43. The molecule has 3 nitrogen and oxygen atoms in total. The average Bonchev–Trinajstić information content (AvgIpc) is 2.94. The van der Waals surface area contributed by atoms with Crippen LogP contribution in [0.5, 0.6) is 0 Å². The van der Waals surface area contributed by atoms with Gasteiger partial charge in [-0.25, -0.2) is 4.98 Å². The van der Waals surface area contributed by atoms with Gasteiger partial charge in [0.05, 0.1) is 10.7 Å². The second-order valence-corrected chi connectivity index (χ2v) is 4.84. The molecule has 0 atom stereocenters. The fourth-order valence-electron chi connectivity index (χ4n) is 2.26. The molecule has 0 aromatic carbocycles. The van der Waals surface area contributed by atoms with Crippen molar-refractivity contribution in [3.8, 4) is 11.3 Å². The fraction of sp³-hybridized carbons (Fsp3) is 0.286. The third-order valence-electron chi connectivity index (χ3n) is 3.21. The van der Waals surface area contributed by atoms with Crippen LogP contribution in [0.4, 0.5) is 5.82 Å². The maximum Gasteiger partial charge on any atom is 0.128 e. The zero-order valence-electron chi connectivity index (χ0n) is 10.0. The van der Waals surface area contributed by atoms with E-state index in [2.05, 4.69) is 14.9 Å². The maximum absolute atomic E-state index is 6.12. The highest BCUT2D eigenvalue weighted by Crippen LogP contribution is 2.26. The van der Waals surface area contributed by atoms with Crippen LogP contribution < -0.4 is 4.90 Å². The first kappa shape index (κ1) is 11.5. The van der Waals surface area contributed by atoms with Crippen LogP contribution in [-0.4, -0.2) is 23.1 Å². The van der Waals surface area contributed by atoms with Gasteiger partial charge in [-0.15, -0.1) is 0 Å². The summed E-state index contributed by atoms with van der Waals surface area (Å²) in [5.74, 6) is 1.04. The first-order valence-corrected chi connectivity index (χ1v) is 6.54. The quantitative estimate of drug-likeness (QED) is 0.828. The number of hydrogen-bond donors (Lipinski definition) is 0. The lowest BCUT2D eigenvalue weighted by Gasteiger charge is -2.16. The van der Waals surface area contributed by atoms with Crippen LogP contribution in [0.1, 0.15) is 12.8 Å². The van der Waals surface area contributed by atoms with Crippen molar-refractivity contribution in [1.29, 1.82) is 0 Å². The Bertz CT molecular complexity index is 533. The zero-order valence-corrected chi connectivity index (χ0v) is 10.8.